The van der Waals surface area contributed by atoms with Crippen molar-refractivity contribution in [3.8, 4) is 0 Å². The first-order valence-electron chi connectivity index (χ1n) is 7.29. The molecule has 0 bridgehead atoms. The molecule has 1 N–H and O–H groups in total. The monoisotopic (exact) mass is 253 g/mol. The van der Waals surface area contributed by atoms with Gasteiger partial charge in [0, 0.05) is 32.2 Å². The molecule has 2 saturated heterocycles. The fourth-order valence-corrected chi connectivity index (χ4v) is 3.29. The van der Waals surface area contributed by atoms with Gasteiger partial charge in [0.05, 0.1) is 5.41 Å². The molecular formula is C14H27N3O. The summed E-state index contributed by atoms with van der Waals surface area (Å²) < 4.78 is 0. The summed E-state index contributed by atoms with van der Waals surface area (Å²) in [5.74, 6) is 0.398. The van der Waals surface area contributed by atoms with Gasteiger partial charge in [0.2, 0.25) is 5.91 Å². The van der Waals surface area contributed by atoms with E-state index in [1.165, 1.54) is 0 Å². The van der Waals surface area contributed by atoms with E-state index in [0.29, 0.717) is 11.9 Å². The summed E-state index contributed by atoms with van der Waals surface area (Å²) in [7, 11) is 2.14. The summed E-state index contributed by atoms with van der Waals surface area (Å²) in [5.41, 5.74) is -0.107. The molecule has 2 heterocycles. The number of likely N-dealkylation sites (N-methyl/N-ethyl adjacent to an activating group) is 1. The zero-order valence-corrected chi connectivity index (χ0v) is 12.0. The number of rotatable bonds is 3. The maximum Gasteiger partial charge on any atom is 0.230 e. The lowest BCUT2D eigenvalue weighted by Gasteiger charge is -2.41. The number of nitrogens with one attached hydrogen (secondary N) is 1. The Labute approximate surface area is 111 Å². The van der Waals surface area contributed by atoms with Gasteiger partial charge in [-0.1, -0.05) is 13.3 Å². The van der Waals surface area contributed by atoms with Crippen LogP contribution in [0.5, 0.6) is 0 Å². The molecule has 0 saturated carbocycles. The van der Waals surface area contributed by atoms with Crippen LogP contribution < -0.4 is 5.32 Å². The van der Waals surface area contributed by atoms with Crippen molar-refractivity contribution >= 4 is 5.91 Å². The third-order valence-corrected chi connectivity index (χ3v) is 4.67. The predicted octanol–water partition coefficient (Wildman–Crippen LogP) is 0.929. The fraction of sp³-hybridized carbons (Fsp3) is 0.929. The highest BCUT2D eigenvalue weighted by Gasteiger charge is 2.43. The average molecular weight is 253 g/mol. The molecular weight excluding hydrogens is 226 g/mol. The van der Waals surface area contributed by atoms with Gasteiger partial charge in [-0.3, -0.25) is 4.79 Å². The molecule has 0 aromatic rings. The smallest absolute Gasteiger partial charge is 0.230 e. The van der Waals surface area contributed by atoms with Crippen LogP contribution in [0.3, 0.4) is 0 Å². The lowest BCUT2D eigenvalue weighted by molar-refractivity contribution is -0.144. The van der Waals surface area contributed by atoms with Crippen LogP contribution in [0.1, 0.15) is 33.1 Å². The second-order valence-corrected chi connectivity index (χ2v) is 6.04. The van der Waals surface area contributed by atoms with Gasteiger partial charge in [-0.25, -0.2) is 0 Å². The Morgan fingerprint density at radius 2 is 2.22 bits per heavy atom. The van der Waals surface area contributed by atoms with Crippen LogP contribution in [0.15, 0.2) is 0 Å². The van der Waals surface area contributed by atoms with Crippen LogP contribution in [0.2, 0.25) is 0 Å². The SMILES string of the molecule is CCCC1(C(=O)N2CCN(C)C(C)C2)CCNC1. The summed E-state index contributed by atoms with van der Waals surface area (Å²) >= 11 is 0. The number of carbonyl (C=O) groups is 1. The van der Waals surface area contributed by atoms with Gasteiger partial charge < -0.3 is 15.1 Å². The molecule has 0 aromatic carbocycles. The van der Waals surface area contributed by atoms with E-state index < -0.39 is 0 Å². The van der Waals surface area contributed by atoms with E-state index in [-0.39, 0.29) is 5.41 Å². The number of carbonyl (C=O) groups excluding carboxylic acids is 1. The molecule has 2 atom stereocenters. The van der Waals surface area contributed by atoms with Gasteiger partial charge in [0.25, 0.3) is 0 Å². The minimum Gasteiger partial charge on any atom is -0.339 e. The molecule has 4 nitrogen and oxygen atoms in total. The fourth-order valence-electron chi connectivity index (χ4n) is 3.29. The van der Waals surface area contributed by atoms with Crippen molar-refractivity contribution in [1.82, 2.24) is 15.1 Å². The van der Waals surface area contributed by atoms with Gasteiger partial charge in [-0.05, 0) is 33.4 Å². The van der Waals surface area contributed by atoms with Crippen LogP contribution in [-0.2, 0) is 4.79 Å². The second kappa shape index (κ2) is 5.57. The molecule has 4 heteroatoms. The van der Waals surface area contributed by atoms with Crippen molar-refractivity contribution in [2.75, 3.05) is 39.8 Å². The van der Waals surface area contributed by atoms with E-state index in [9.17, 15) is 4.79 Å². The third kappa shape index (κ3) is 2.54. The Kier molecular flexibility index (Phi) is 4.28. The first-order valence-corrected chi connectivity index (χ1v) is 7.29. The van der Waals surface area contributed by atoms with Gasteiger partial charge in [0.1, 0.15) is 0 Å². The van der Waals surface area contributed by atoms with Crippen LogP contribution in [0.4, 0.5) is 0 Å². The van der Waals surface area contributed by atoms with E-state index in [4.69, 9.17) is 0 Å². The van der Waals surface area contributed by atoms with Crippen LogP contribution in [0, 0.1) is 5.41 Å². The summed E-state index contributed by atoms with van der Waals surface area (Å²) in [6.45, 7) is 9.04. The maximum atomic E-state index is 12.8. The Bertz CT molecular complexity index is 299. The Morgan fingerprint density at radius 3 is 2.78 bits per heavy atom. The van der Waals surface area contributed by atoms with Gasteiger partial charge in [-0.15, -0.1) is 0 Å². The standard InChI is InChI=1S/C14H27N3O/c1-4-5-14(6-7-15-11-14)13(18)17-9-8-16(3)12(2)10-17/h12,15H,4-11H2,1-3H3. The average Bonchev–Trinajstić information content (AvgIpc) is 2.82. The highest BCUT2D eigenvalue weighted by atomic mass is 16.2. The number of nitrogens with zero attached hydrogens (tertiary/aromatic N) is 2. The zero-order valence-electron chi connectivity index (χ0n) is 12.0. The minimum atomic E-state index is -0.107. The topological polar surface area (TPSA) is 35.6 Å². The van der Waals surface area contributed by atoms with Crippen molar-refractivity contribution in [2.24, 2.45) is 5.41 Å². The van der Waals surface area contributed by atoms with Crippen molar-refractivity contribution in [3.63, 3.8) is 0 Å². The third-order valence-electron chi connectivity index (χ3n) is 4.67. The summed E-state index contributed by atoms with van der Waals surface area (Å²) in [6.07, 6.45) is 3.14. The number of piperazine rings is 1. The molecule has 2 aliphatic heterocycles. The highest BCUT2D eigenvalue weighted by molar-refractivity contribution is 5.83. The molecule has 104 valence electrons. The number of amides is 1. The number of hydrogen-bond donors (Lipinski definition) is 1. The molecule has 2 rings (SSSR count). The van der Waals surface area contributed by atoms with Crippen LogP contribution in [-0.4, -0.2) is 61.5 Å². The predicted molar refractivity (Wildman–Crippen MR) is 73.5 cm³/mol. The molecule has 1 amide bonds. The van der Waals surface area contributed by atoms with Crippen molar-refractivity contribution in [2.45, 2.75) is 39.2 Å². The molecule has 2 unspecified atom stereocenters. The largest absolute Gasteiger partial charge is 0.339 e. The molecule has 2 fully saturated rings. The Morgan fingerprint density at radius 1 is 1.44 bits per heavy atom. The van der Waals surface area contributed by atoms with E-state index >= 15 is 0 Å². The van der Waals surface area contributed by atoms with E-state index in [1.54, 1.807) is 0 Å². The Hall–Kier alpha value is -0.610. The van der Waals surface area contributed by atoms with Gasteiger partial charge in [-0.2, -0.15) is 0 Å². The molecule has 0 radical (unpaired) electrons. The molecule has 2 aliphatic rings. The van der Waals surface area contributed by atoms with Crippen LogP contribution >= 0.6 is 0 Å². The minimum absolute atomic E-state index is 0.107. The van der Waals surface area contributed by atoms with Gasteiger partial charge in [0.15, 0.2) is 0 Å². The molecule has 0 spiro atoms. The first-order chi connectivity index (χ1) is 8.59. The lowest BCUT2D eigenvalue weighted by atomic mass is 9.80. The van der Waals surface area contributed by atoms with E-state index in [0.717, 1.165) is 52.0 Å². The Balaban J connectivity index is 2.05. The van der Waals surface area contributed by atoms with Crippen LogP contribution in [0.25, 0.3) is 0 Å². The van der Waals surface area contributed by atoms with E-state index in [2.05, 4.69) is 36.0 Å². The molecule has 0 aromatic heterocycles. The maximum absolute atomic E-state index is 12.8. The summed E-state index contributed by atoms with van der Waals surface area (Å²) in [4.78, 5) is 17.3. The molecule has 0 aliphatic carbocycles. The molecule has 18 heavy (non-hydrogen) atoms. The van der Waals surface area contributed by atoms with Gasteiger partial charge >= 0.3 is 0 Å². The second-order valence-electron chi connectivity index (χ2n) is 6.04. The highest BCUT2D eigenvalue weighted by Crippen LogP contribution is 2.33. The number of hydrogen-bond acceptors (Lipinski definition) is 3. The zero-order chi connectivity index (χ0) is 13.2. The van der Waals surface area contributed by atoms with E-state index in [1.807, 2.05) is 0 Å². The van der Waals surface area contributed by atoms with Crippen molar-refractivity contribution in [1.29, 1.82) is 0 Å². The summed E-state index contributed by atoms with van der Waals surface area (Å²) in [6, 6.07) is 0.482. The summed E-state index contributed by atoms with van der Waals surface area (Å²) in [5, 5.41) is 3.38. The van der Waals surface area contributed by atoms with Crippen molar-refractivity contribution < 1.29 is 4.79 Å². The first kappa shape index (κ1) is 13.8. The quantitative estimate of drug-likeness (QED) is 0.813. The normalized spacial score (nSPS) is 33.9. The lowest BCUT2D eigenvalue weighted by Crippen LogP contribution is -2.56. The van der Waals surface area contributed by atoms with Crippen molar-refractivity contribution in [3.05, 3.63) is 0 Å².